The van der Waals surface area contributed by atoms with Crippen LogP contribution >= 0.6 is 0 Å². The molecule has 2 heterocycles. The molecule has 0 aliphatic carbocycles. The maximum atomic E-state index is 6.07. The van der Waals surface area contributed by atoms with Crippen molar-refractivity contribution in [1.29, 1.82) is 0 Å². The van der Waals surface area contributed by atoms with E-state index in [0.29, 0.717) is 0 Å². The molecular formula is C14H23BN2O2. The zero-order chi connectivity index (χ0) is 14.1. The van der Waals surface area contributed by atoms with E-state index in [2.05, 4.69) is 44.9 Å². The lowest BCUT2D eigenvalue weighted by Crippen LogP contribution is -2.41. The van der Waals surface area contributed by atoms with E-state index in [-0.39, 0.29) is 18.3 Å². The highest BCUT2D eigenvalue weighted by molar-refractivity contribution is 6.63. The van der Waals surface area contributed by atoms with Gasteiger partial charge >= 0.3 is 7.12 Å². The minimum atomic E-state index is -0.363. The summed E-state index contributed by atoms with van der Waals surface area (Å²) in [5, 5.41) is 3.32. The van der Waals surface area contributed by atoms with Gasteiger partial charge in [-0.25, -0.2) is 4.98 Å². The zero-order valence-electron chi connectivity index (χ0n) is 12.5. The highest BCUT2D eigenvalue weighted by Gasteiger charge is 2.52. The quantitative estimate of drug-likeness (QED) is 0.845. The molecule has 2 rings (SSSR count). The summed E-state index contributed by atoms with van der Waals surface area (Å²) in [5.41, 5.74) is 0.319. The van der Waals surface area contributed by atoms with Gasteiger partial charge in [0.25, 0.3) is 0 Å². The number of nitrogens with zero attached hydrogens (tertiary/aromatic N) is 1. The highest BCUT2D eigenvalue weighted by atomic mass is 16.7. The molecule has 104 valence electrons. The minimum Gasteiger partial charge on any atom is -0.399 e. The Balaban J connectivity index is 2.24. The highest BCUT2D eigenvalue weighted by Crippen LogP contribution is 2.36. The third kappa shape index (κ3) is 2.77. The standard InChI is InChI=1S/C14H23BN2O2/c1-6-9-16-12-11(8-7-10-17-12)15-18-13(2,3)14(4,5)19-15/h7-8,10H,6,9H2,1-5H3,(H,16,17). The van der Waals surface area contributed by atoms with Gasteiger partial charge in [-0.1, -0.05) is 13.0 Å². The van der Waals surface area contributed by atoms with Crippen molar-refractivity contribution in [3.8, 4) is 0 Å². The molecule has 0 atom stereocenters. The van der Waals surface area contributed by atoms with Crippen molar-refractivity contribution in [1.82, 2.24) is 4.98 Å². The molecule has 5 heteroatoms. The van der Waals surface area contributed by atoms with E-state index in [1.165, 1.54) is 0 Å². The summed E-state index contributed by atoms with van der Waals surface area (Å²) in [5.74, 6) is 0.850. The Hall–Kier alpha value is -1.07. The Labute approximate surface area is 116 Å². The fourth-order valence-corrected chi connectivity index (χ4v) is 1.97. The van der Waals surface area contributed by atoms with Crippen LogP contribution in [0.15, 0.2) is 18.3 Å². The van der Waals surface area contributed by atoms with Gasteiger partial charge in [-0.15, -0.1) is 0 Å². The number of hydrogen-bond acceptors (Lipinski definition) is 4. The lowest BCUT2D eigenvalue weighted by atomic mass is 9.79. The predicted octanol–water partition coefficient (Wildman–Crippen LogP) is 2.20. The van der Waals surface area contributed by atoms with Gasteiger partial charge in [-0.05, 0) is 40.2 Å². The Morgan fingerprint density at radius 3 is 2.42 bits per heavy atom. The second-order valence-corrected chi connectivity index (χ2v) is 5.96. The van der Waals surface area contributed by atoms with Crippen molar-refractivity contribution in [2.45, 2.75) is 52.2 Å². The summed E-state index contributed by atoms with van der Waals surface area (Å²) in [6.07, 6.45) is 2.84. The SMILES string of the molecule is CCCNc1ncccc1B1OC(C)(C)C(C)(C)O1. The van der Waals surface area contributed by atoms with Crippen LogP contribution in [0.1, 0.15) is 41.0 Å². The van der Waals surface area contributed by atoms with Gasteiger partial charge in [0.05, 0.1) is 11.2 Å². The summed E-state index contributed by atoms with van der Waals surface area (Å²) in [6, 6.07) is 3.92. The van der Waals surface area contributed by atoms with E-state index in [1.807, 2.05) is 12.1 Å². The van der Waals surface area contributed by atoms with E-state index in [1.54, 1.807) is 6.20 Å². The van der Waals surface area contributed by atoms with Gasteiger partial charge in [0.15, 0.2) is 0 Å². The average molecular weight is 262 g/mol. The van der Waals surface area contributed by atoms with Crippen LogP contribution in [0.25, 0.3) is 0 Å². The third-order valence-electron chi connectivity index (χ3n) is 3.89. The maximum absolute atomic E-state index is 6.07. The number of nitrogens with one attached hydrogen (secondary N) is 1. The van der Waals surface area contributed by atoms with Crippen LogP contribution in [0.2, 0.25) is 0 Å². The van der Waals surface area contributed by atoms with Gasteiger partial charge < -0.3 is 14.6 Å². The Morgan fingerprint density at radius 1 is 1.21 bits per heavy atom. The molecule has 1 fully saturated rings. The molecule has 0 saturated carbocycles. The van der Waals surface area contributed by atoms with Crippen molar-refractivity contribution < 1.29 is 9.31 Å². The molecule has 4 nitrogen and oxygen atoms in total. The van der Waals surface area contributed by atoms with Gasteiger partial charge in [-0.3, -0.25) is 0 Å². The summed E-state index contributed by atoms with van der Waals surface area (Å²) in [4.78, 5) is 4.39. The van der Waals surface area contributed by atoms with Crippen LogP contribution in [0, 0.1) is 0 Å². The maximum Gasteiger partial charge on any atom is 0.498 e. The summed E-state index contributed by atoms with van der Waals surface area (Å²) in [6.45, 7) is 11.3. The summed E-state index contributed by atoms with van der Waals surface area (Å²) in [7, 11) is -0.363. The number of aromatic nitrogens is 1. The molecule has 19 heavy (non-hydrogen) atoms. The van der Waals surface area contributed by atoms with Gasteiger partial charge in [0, 0.05) is 18.2 Å². The molecule has 0 amide bonds. The normalized spacial score (nSPS) is 20.6. The smallest absolute Gasteiger partial charge is 0.399 e. The molecule has 0 aromatic carbocycles. The number of rotatable bonds is 4. The number of pyridine rings is 1. The van der Waals surface area contributed by atoms with E-state index in [9.17, 15) is 0 Å². The first-order valence-corrected chi connectivity index (χ1v) is 6.92. The topological polar surface area (TPSA) is 43.4 Å². The van der Waals surface area contributed by atoms with E-state index >= 15 is 0 Å². The van der Waals surface area contributed by atoms with E-state index in [4.69, 9.17) is 9.31 Å². The molecule has 1 N–H and O–H groups in total. The molecule has 0 unspecified atom stereocenters. The van der Waals surface area contributed by atoms with Gasteiger partial charge in [0.2, 0.25) is 0 Å². The molecule has 0 spiro atoms. The van der Waals surface area contributed by atoms with Crippen LogP contribution < -0.4 is 10.8 Å². The summed E-state index contributed by atoms with van der Waals surface area (Å²) < 4.78 is 12.1. The van der Waals surface area contributed by atoms with Crippen LogP contribution in [0.3, 0.4) is 0 Å². The van der Waals surface area contributed by atoms with Crippen molar-refractivity contribution in [3.05, 3.63) is 18.3 Å². The molecular weight excluding hydrogens is 239 g/mol. The molecule has 0 radical (unpaired) electrons. The molecule has 1 aliphatic rings. The molecule has 1 aromatic rings. The van der Waals surface area contributed by atoms with Crippen LogP contribution in [-0.4, -0.2) is 29.8 Å². The lowest BCUT2D eigenvalue weighted by Gasteiger charge is -2.32. The van der Waals surface area contributed by atoms with Gasteiger partial charge in [-0.2, -0.15) is 0 Å². The van der Waals surface area contributed by atoms with Crippen molar-refractivity contribution in [2.75, 3.05) is 11.9 Å². The predicted molar refractivity (Wildman–Crippen MR) is 78.7 cm³/mol. The number of anilines is 1. The second-order valence-electron chi connectivity index (χ2n) is 5.96. The molecule has 1 saturated heterocycles. The fourth-order valence-electron chi connectivity index (χ4n) is 1.97. The van der Waals surface area contributed by atoms with Crippen LogP contribution in [0.4, 0.5) is 5.82 Å². The van der Waals surface area contributed by atoms with Crippen molar-refractivity contribution >= 4 is 18.4 Å². The molecule has 1 aromatic heterocycles. The lowest BCUT2D eigenvalue weighted by molar-refractivity contribution is 0.00578. The Bertz CT molecular complexity index is 433. The van der Waals surface area contributed by atoms with Crippen LogP contribution in [-0.2, 0) is 9.31 Å². The Kier molecular flexibility index (Phi) is 3.88. The summed E-state index contributed by atoms with van der Waals surface area (Å²) >= 11 is 0. The van der Waals surface area contributed by atoms with Crippen molar-refractivity contribution in [3.63, 3.8) is 0 Å². The largest absolute Gasteiger partial charge is 0.498 e. The zero-order valence-corrected chi connectivity index (χ0v) is 12.5. The first kappa shape index (κ1) is 14.3. The molecule has 1 aliphatic heterocycles. The minimum absolute atomic E-state index is 0.324. The Morgan fingerprint density at radius 2 is 1.84 bits per heavy atom. The van der Waals surface area contributed by atoms with Crippen molar-refractivity contribution in [2.24, 2.45) is 0 Å². The third-order valence-corrected chi connectivity index (χ3v) is 3.89. The number of hydrogen-bond donors (Lipinski definition) is 1. The average Bonchev–Trinajstić information content (AvgIpc) is 2.56. The van der Waals surface area contributed by atoms with Crippen LogP contribution in [0.5, 0.6) is 0 Å². The first-order valence-electron chi connectivity index (χ1n) is 6.92. The van der Waals surface area contributed by atoms with Gasteiger partial charge in [0.1, 0.15) is 5.82 Å². The van der Waals surface area contributed by atoms with E-state index < -0.39 is 0 Å². The van der Waals surface area contributed by atoms with E-state index in [0.717, 1.165) is 24.2 Å². The fraction of sp³-hybridized carbons (Fsp3) is 0.643. The monoisotopic (exact) mass is 262 g/mol. The second kappa shape index (κ2) is 5.14. The molecule has 0 bridgehead atoms. The first-order chi connectivity index (χ1) is 8.87.